The minimum absolute atomic E-state index is 0.0828. The fourth-order valence-electron chi connectivity index (χ4n) is 4.48. The average molecular weight is 491 g/mol. The molecule has 1 atom stereocenters. The van der Waals surface area contributed by atoms with Crippen LogP contribution in [0, 0.1) is 0 Å². The van der Waals surface area contributed by atoms with Crippen molar-refractivity contribution >= 4 is 0 Å². The summed E-state index contributed by atoms with van der Waals surface area (Å²) in [6.45, 7) is 13.2. The third kappa shape index (κ3) is 13.3. The summed E-state index contributed by atoms with van der Waals surface area (Å²) in [7, 11) is 0. The van der Waals surface area contributed by atoms with Crippen molar-refractivity contribution in [3.8, 4) is 0 Å². The topological polar surface area (TPSA) is 27.7 Å². The summed E-state index contributed by atoms with van der Waals surface area (Å²) in [5.41, 5.74) is 2.72. The van der Waals surface area contributed by atoms with Gasteiger partial charge in [0.25, 0.3) is 5.97 Å². The fourth-order valence-corrected chi connectivity index (χ4v) is 4.48. The summed E-state index contributed by atoms with van der Waals surface area (Å²) >= 11 is 0. The Labute approximate surface area is 218 Å². The van der Waals surface area contributed by atoms with Crippen LogP contribution >= 0.6 is 0 Å². The summed E-state index contributed by atoms with van der Waals surface area (Å²) < 4.78 is 19.9. The van der Waals surface area contributed by atoms with E-state index in [2.05, 4.69) is 58.9 Å². The van der Waals surface area contributed by atoms with Gasteiger partial charge in [-0.15, -0.1) is 0 Å². The molecule has 0 fully saturated rings. The van der Waals surface area contributed by atoms with Gasteiger partial charge in [0, 0.05) is 0 Å². The van der Waals surface area contributed by atoms with Gasteiger partial charge in [0.15, 0.2) is 0 Å². The van der Waals surface area contributed by atoms with Crippen molar-refractivity contribution in [1.29, 1.82) is 0 Å². The zero-order chi connectivity index (χ0) is 25.6. The summed E-state index contributed by atoms with van der Waals surface area (Å²) in [4.78, 5) is 0. The maximum atomic E-state index is 6.63. The summed E-state index contributed by atoms with van der Waals surface area (Å²) in [5.74, 6) is -0.909. The molecule has 0 amide bonds. The van der Waals surface area contributed by atoms with Gasteiger partial charge in [0.1, 0.15) is 0 Å². The normalized spacial score (nSPS) is 12.8. The molecule has 35 heavy (non-hydrogen) atoms. The summed E-state index contributed by atoms with van der Waals surface area (Å²) in [6.07, 6.45) is 18.8. The van der Waals surface area contributed by atoms with E-state index >= 15 is 0 Å². The molecule has 204 valence electrons. The Morgan fingerprint density at radius 2 is 1.00 bits per heavy atom. The third-order valence-electron chi connectivity index (χ3n) is 6.88. The van der Waals surface area contributed by atoms with Crippen LogP contribution < -0.4 is 0 Å². The van der Waals surface area contributed by atoms with Crippen LogP contribution in [0.25, 0.3) is 0 Å². The fraction of sp³-hybridized carbons (Fsp3) is 0.812. The highest BCUT2D eigenvalue weighted by Crippen LogP contribution is 2.39. The smallest absolute Gasteiger partial charge is 0.290 e. The molecule has 0 radical (unpaired) electrons. The zero-order valence-electron chi connectivity index (χ0n) is 24.0. The highest BCUT2D eigenvalue weighted by atomic mass is 16.9. The molecule has 0 aliphatic carbocycles. The summed E-state index contributed by atoms with van der Waals surface area (Å²) in [6, 6.07) is 9.26. The second-order valence-electron chi connectivity index (χ2n) is 10.2. The molecule has 3 heteroatoms. The van der Waals surface area contributed by atoms with E-state index in [1.54, 1.807) is 0 Å². The van der Waals surface area contributed by atoms with Crippen molar-refractivity contribution < 1.29 is 14.2 Å². The first-order chi connectivity index (χ1) is 17.2. The van der Waals surface area contributed by atoms with Gasteiger partial charge < -0.3 is 14.2 Å². The van der Waals surface area contributed by atoms with Crippen LogP contribution in [-0.2, 0) is 20.6 Å². The molecule has 0 heterocycles. The third-order valence-corrected chi connectivity index (χ3v) is 6.88. The lowest BCUT2D eigenvalue weighted by Crippen LogP contribution is -2.46. The van der Waals surface area contributed by atoms with Crippen LogP contribution in [0.5, 0.6) is 0 Å². The Morgan fingerprint density at radius 1 is 0.543 bits per heavy atom. The molecular formula is C32H58O3. The van der Waals surface area contributed by atoms with Gasteiger partial charge in [-0.3, -0.25) is 0 Å². The predicted molar refractivity (Wildman–Crippen MR) is 151 cm³/mol. The van der Waals surface area contributed by atoms with E-state index in [1.807, 2.05) is 0 Å². The Hall–Kier alpha value is -0.900. The Bertz CT molecular complexity index is 556. The standard InChI is InChI=1S/C32H58O3/c1-6-11-16-17-18-19-21-31(30-24-22-29(23-25-30)20-12-7-2)32(33-26-13-8-3,34-27-14-9-4)35-28-15-10-5/h22-25,31H,6-21,26-28H2,1-5H3. The van der Waals surface area contributed by atoms with Gasteiger partial charge >= 0.3 is 0 Å². The molecule has 1 aromatic rings. The van der Waals surface area contributed by atoms with E-state index in [0.717, 1.165) is 51.4 Å². The number of unbranched alkanes of at least 4 members (excludes halogenated alkanes) is 9. The molecule has 0 aliphatic heterocycles. The van der Waals surface area contributed by atoms with Crippen LogP contribution in [-0.4, -0.2) is 25.8 Å². The Kier molecular flexibility index (Phi) is 19.5. The second kappa shape index (κ2) is 21.2. The van der Waals surface area contributed by atoms with E-state index in [1.165, 1.54) is 62.5 Å². The molecule has 0 aliphatic rings. The molecule has 0 saturated carbocycles. The minimum atomic E-state index is -0.992. The SMILES string of the molecule is CCCCCCCCC(c1ccc(CCCC)cc1)C(OCCCC)(OCCCC)OCCCC. The monoisotopic (exact) mass is 490 g/mol. The van der Waals surface area contributed by atoms with Crippen LogP contribution in [0.3, 0.4) is 0 Å². The van der Waals surface area contributed by atoms with Crippen molar-refractivity contribution in [2.75, 3.05) is 19.8 Å². The summed E-state index contributed by atoms with van der Waals surface area (Å²) in [5, 5.41) is 0. The van der Waals surface area contributed by atoms with Gasteiger partial charge in [-0.1, -0.05) is 123 Å². The van der Waals surface area contributed by atoms with Crippen molar-refractivity contribution in [2.45, 2.75) is 149 Å². The largest absolute Gasteiger partial charge is 0.327 e. The second-order valence-corrected chi connectivity index (χ2v) is 10.2. The molecule has 0 spiro atoms. The molecular weight excluding hydrogens is 432 g/mol. The van der Waals surface area contributed by atoms with Gasteiger partial charge in [0.2, 0.25) is 0 Å². The minimum Gasteiger partial charge on any atom is -0.327 e. The molecule has 1 rings (SSSR count). The van der Waals surface area contributed by atoms with Gasteiger partial charge in [-0.2, -0.15) is 0 Å². The molecule has 3 nitrogen and oxygen atoms in total. The number of ether oxygens (including phenoxy) is 3. The molecule has 0 bridgehead atoms. The highest BCUT2D eigenvalue weighted by Gasteiger charge is 2.43. The molecule has 1 unspecified atom stereocenters. The van der Waals surface area contributed by atoms with Gasteiger partial charge in [-0.25, -0.2) is 0 Å². The van der Waals surface area contributed by atoms with Crippen LogP contribution in [0.1, 0.15) is 148 Å². The Morgan fingerprint density at radius 3 is 1.49 bits per heavy atom. The van der Waals surface area contributed by atoms with Gasteiger partial charge in [0.05, 0.1) is 25.7 Å². The maximum absolute atomic E-state index is 6.63. The molecule has 1 aromatic carbocycles. The molecule has 0 saturated heterocycles. The quantitative estimate of drug-likeness (QED) is 0.107. The average Bonchev–Trinajstić information content (AvgIpc) is 2.88. The first-order valence-electron chi connectivity index (χ1n) is 15.2. The molecule has 0 N–H and O–H groups in total. The van der Waals surface area contributed by atoms with Crippen molar-refractivity contribution in [3.63, 3.8) is 0 Å². The van der Waals surface area contributed by atoms with E-state index in [4.69, 9.17) is 14.2 Å². The molecule has 0 aromatic heterocycles. The van der Waals surface area contributed by atoms with Gasteiger partial charge in [-0.05, 0) is 49.7 Å². The number of hydrogen-bond donors (Lipinski definition) is 0. The first-order valence-corrected chi connectivity index (χ1v) is 15.2. The van der Waals surface area contributed by atoms with E-state index < -0.39 is 5.97 Å². The van der Waals surface area contributed by atoms with Crippen molar-refractivity contribution in [3.05, 3.63) is 35.4 Å². The van der Waals surface area contributed by atoms with E-state index in [0.29, 0.717) is 19.8 Å². The van der Waals surface area contributed by atoms with Crippen LogP contribution in [0.4, 0.5) is 0 Å². The number of benzene rings is 1. The predicted octanol–water partition coefficient (Wildman–Crippen LogP) is 9.97. The van der Waals surface area contributed by atoms with Crippen molar-refractivity contribution in [1.82, 2.24) is 0 Å². The van der Waals surface area contributed by atoms with Crippen LogP contribution in [0.15, 0.2) is 24.3 Å². The number of aryl methyl sites for hydroxylation is 1. The van der Waals surface area contributed by atoms with Crippen LogP contribution in [0.2, 0.25) is 0 Å². The van der Waals surface area contributed by atoms with E-state index in [-0.39, 0.29) is 5.92 Å². The van der Waals surface area contributed by atoms with Crippen molar-refractivity contribution in [2.24, 2.45) is 0 Å². The number of rotatable bonds is 24. The van der Waals surface area contributed by atoms with E-state index in [9.17, 15) is 0 Å². The lowest BCUT2D eigenvalue weighted by Gasteiger charge is -2.40. The maximum Gasteiger partial charge on any atom is 0.290 e. The highest BCUT2D eigenvalue weighted by molar-refractivity contribution is 5.27. The Balaban J connectivity index is 3.21. The zero-order valence-corrected chi connectivity index (χ0v) is 24.0. The first kappa shape index (κ1) is 32.1. The lowest BCUT2D eigenvalue weighted by atomic mass is 9.89. The number of hydrogen-bond acceptors (Lipinski definition) is 3. The lowest BCUT2D eigenvalue weighted by molar-refractivity contribution is -0.393.